The molecule has 0 radical (unpaired) electrons. The van der Waals surface area contributed by atoms with Gasteiger partial charge in [-0.15, -0.1) is 11.3 Å². The molecule has 17 heavy (non-hydrogen) atoms. The molecule has 0 fully saturated rings. The van der Waals surface area contributed by atoms with Crippen LogP contribution < -0.4 is 0 Å². The van der Waals surface area contributed by atoms with Gasteiger partial charge in [0.15, 0.2) is 4.47 Å². The minimum Gasteiger partial charge on any atom is -0.327 e. The molecule has 1 aliphatic rings. The van der Waals surface area contributed by atoms with Crippen LogP contribution in [-0.4, -0.2) is 14.5 Å². The fourth-order valence-corrected chi connectivity index (χ4v) is 3.42. The third kappa shape index (κ3) is 2.11. The number of imidazole rings is 1. The first-order chi connectivity index (χ1) is 8.24. The molecule has 0 bridgehead atoms. The topological polar surface area (TPSA) is 30.7 Å². The molecule has 0 saturated heterocycles. The zero-order chi connectivity index (χ0) is 11.8. The zero-order valence-corrected chi connectivity index (χ0v) is 11.3. The van der Waals surface area contributed by atoms with Crippen LogP contribution in [0, 0.1) is 6.92 Å². The van der Waals surface area contributed by atoms with E-state index >= 15 is 0 Å². The molecule has 3 nitrogen and oxygen atoms in total. The van der Waals surface area contributed by atoms with Crippen molar-refractivity contribution in [3.63, 3.8) is 0 Å². The number of nitrogens with zero attached hydrogens (tertiary/aromatic N) is 3. The Morgan fingerprint density at radius 1 is 1.41 bits per heavy atom. The van der Waals surface area contributed by atoms with Crippen LogP contribution in [0.2, 0.25) is 4.47 Å². The van der Waals surface area contributed by atoms with E-state index in [9.17, 15) is 0 Å². The lowest BCUT2D eigenvalue weighted by Crippen LogP contribution is -2.09. The maximum atomic E-state index is 5.87. The summed E-state index contributed by atoms with van der Waals surface area (Å²) in [7, 11) is 0. The van der Waals surface area contributed by atoms with Gasteiger partial charge in [-0.1, -0.05) is 11.6 Å². The SMILES string of the molecule is Cc1nc2c(n1Cc1cnc(Cl)s1)CCCC2. The summed E-state index contributed by atoms with van der Waals surface area (Å²) < 4.78 is 2.94. The number of fused-ring (bicyclic) bond motifs is 1. The number of hydrogen-bond acceptors (Lipinski definition) is 3. The van der Waals surface area contributed by atoms with Crippen molar-refractivity contribution in [2.75, 3.05) is 0 Å². The molecule has 0 unspecified atom stereocenters. The van der Waals surface area contributed by atoms with Crippen LogP contribution in [0.4, 0.5) is 0 Å². The van der Waals surface area contributed by atoms with Gasteiger partial charge in [0.05, 0.1) is 12.2 Å². The van der Waals surface area contributed by atoms with Gasteiger partial charge < -0.3 is 4.57 Å². The summed E-state index contributed by atoms with van der Waals surface area (Å²) in [5.41, 5.74) is 2.71. The number of aromatic nitrogens is 3. The average Bonchev–Trinajstić information content (AvgIpc) is 2.85. The average molecular weight is 268 g/mol. The van der Waals surface area contributed by atoms with Gasteiger partial charge in [-0.2, -0.15) is 0 Å². The Bertz CT molecular complexity index is 544. The van der Waals surface area contributed by atoms with Gasteiger partial charge in [-0.3, -0.25) is 0 Å². The fourth-order valence-electron chi connectivity index (χ4n) is 2.46. The molecule has 3 rings (SSSR count). The summed E-state index contributed by atoms with van der Waals surface area (Å²) in [6, 6.07) is 0. The van der Waals surface area contributed by atoms with Crippen LogP contribution in [0.25, 0.3) is 0 Å². The Hall–Kier alpha value is -0.870. The summed E-state index contributed by atoms with van der Waals surface area (Å²) in [5.74, 6) is 1.11. The van der Waals surface area contributed by atoms with Crippen molar-refractivity contribution in [2.45, 2.75) is 39.2 Å². The second-order valence-corrected chi connectivity index (χ2v) is 6.12. The highest BCUT2D eigenvalue weighted by molar-refractivity contribution is 7.15. The number of thiazole rings is 1. The largest absolute Gasteiger partial charge is 0.327 e. The third-order valence-corrected chi connectivity index (χ3v) is 4.36. The van der Waals surface area contributed by atoms with Crippen molar-refractivity contribution in [3.05, 3.63) is 32.8 Å². The van der Waals surface area contributed by atoms with E-state index in [1.54, 1.807) is 11.3 Å². The van der Waals surface area contributed by atoms with Crippen molar-refractivity contribution in [2.24, 2.45) is 0 Å². The van der Waals surface area contributed by atoms with Crippen molar-refractivity contribution in [3.8, 4) is 0 Å². The summed E-state index contributed by atoms with van der Waals surface area (Å²) in [4.78, 5) is 9.96. The van der Waals surface area contributed by atoms with E-state index in [0.717, 1.165) is 25.2 Å². The van der Waals surface area contributed by atoms with Crippen molar-refractivity contribution in [1.82, 2.24) is 14.5 Å². The molecule has 90 valence electrons. The maximum Gasteiger partial charge on any atom is 0.183 e. The van der Waals surface area contributed by atoms with E-state index in [0.29, 0.717) is 4.47 Å². The smallest absolute Gasteiger partial charge is 0.183 e. The van der Waals surface area contributed by atoms with Gasteiger partial charge in [-0.25, -0.2) is 9.97 Å². The number of hydrogen-bond donors (Lipinski definition) is 0. The molecule has 0 amide bonds. The minimum atomic E-state index is 0.617. The monoisotopic (exact) mass is 267 g/mol. The van der Waals surface area contributed by atoms with Gasteiger partial charge in [0.25, 0.3) is 0 Å². The van der Waals surface area contributed by atoms with Gasteiger partial charge in [-0.05, 0) is 32.6 Å². The van der Waals surface area contributed by atoms with Crippen LogP contribution in [-0.2, 0) is 19.4 Å². The lowest BCUT2D eigenvalue weighted by molar-refractivity contribution is 0.626. The molecule has 1 aliphatic carbocycles. The van der Waals surface area contributed by atoms with Crippen LogP contribution in [0.5, 0.6) is 0 Å². The van der Waals surface area contributed by atoms with Crippen LogP contribution in [0.3, 0.4) is 0 Å². The molecule has 5 heteroatoms. The molecular weight excluding hydrogens is 254 g/mol. The lowest BCUT2D eigenvalue weighted by atomic mass is 10.0. The predicted molar refractivity (Wildman–Crippen MR) is 69.8 cm³/mol. The molecule has 0 N–H and O–H groups in total. The van der Waals surface area contributed by atoms with E-state index < -0.39 is 0 Å². The van der Waals surface area contributed by atoms with Crippen molar-refractivity contribution in [1.29, 1.82) is 0 Å². The molecule has 2 aromatic rings. The number of rotatable bonds is 2. The van der Waals surface area contributed by atoms with Gasteiger partial charge in [0.1, 0.15) is 5.82 Å². The van der Waals surface area contributed by atoms with E-state index in [1.165, 1.54) is 29.1 Å². The third-order valence-electron chi connectivity index (χ3n) is 3.26. The summed E-state index contributed by atoms with van der Waals surface area (Å²) in [6.45, 7) is 2.94. The Morgan fingerprint density at radius 2 is 2.24 bits per heavy atom. The Kier molecular flexibility index (Phi) is 2.92. The summed E-state index contributed by atoms with van der Waals surface area (Å²) in [5, 5.41) is 0. The molecule has 0 aromatic carbocycles. The van der Waals surface area contributed by atoms with E-state index in [1.807, 2.05) is 6.20 Å². The lowest BCUT2D eigenvalue weighted by Gasteiger charge is -2.13. The van der Waals surface area contributed by atoms with Crippen LogP contribution in [0.15, 0.2) is 6.20 Å². The van der Waals surface area contributed by atoms with Crippen LogP contribution >= 0.6 is 22.9 Å². The van der Waals surface area contributed by atoms with Gasteiger partial charge in [0, 0.05) is 16.8 Å². The molecule has 2 heterocycles. The second kappa shape index (κ2) is 4.42. The zero-order valence-electron chi connectivity index (χ0n) is 9.74. The standard InChI is InChI=1S/C12H14ClN3S/c1-8-15-10-4-2-3-5-11(10)16(8)7-9-6-14-12(13)17-9/h6H,2-5,7H2,1H3. The van der Waals surface area contributed by atoms with E-state index in [-0.39, 0.29) is 0 Å². The number of aryl methyl sites for hydroxylation is 2. The first-order valence-corrected chi connectivity index (χ1v) is 7.08. The normalized spacial score (nSPS) is 14.9. The molecule has 0 spiro atoms. The summed E-state index contributed by atoms with van der Waals surface area (Å²) in [6.07, 6.45) is 6.70. The Labute approximate surface area is 109 Å². The van der Waals surface area contributed by atoms with Crippen molar-refractivity contribution < 1.29 is 0 Å². The highest BCUT2D eigenvalue weighted by Gasteiger charge is 2.18. The maximum absolute atomic E-state index is 5.87. The van der Waals surface area contributed by atoms with Gasteiger partial charge in [0.2, 0.25) is 0 Å². The Morgan fingerprint density at radius 3 is 3.00 bits per heavy atom. The molecule has 2 aromatic heterocycles. The minimum absolute atomic E-state index is 0.617. The van der Waals surface area contributed by atoms with Crippen LogP contribution in [0.1, 0.15) is 34.9 Å². The highest BCUT2D eigenvalue weighted by atomic mass is 35.5. The van der Waals surface area contributed by atoms with E-state index in [2.05, 4.69) is 21.5 Å². The van der Waals surface area contributed by atoms with E-state index in [4.69, 9.17) is 11.6 Å². The number of halogens is 1. The quantitative estimate of drug-likeness (QED) is 0.836. The van der Waals surface area contributed by atoms with Gasteiger partial charge >= 0.3 is 0 Å². The fraction of sp³-hybridized carbons (Fsp3) is 0.500. The molecule has 0 atom stereocenters. The van der Waals surface area contributed by atoms with Crippen molar-refractivity contribution >= 4 is 22.9 Å². The predicted octanol–water partition coefficient (Wildman–Crippen LogP) is 3.23. The second-order valence-electron chi connectivity index (χ2n) is 4.43. The Balaban J connectivity index is 1.94. The summed E-state index contributed by atoms with van der Waals surface area (Å²) >= 11 is 7.42. The molecular formula is C12H14ClN3S. The molecule has 0 aliphatic heterocycles. The molecule has 0 saturated carbocycles. The first kappa shape index (κ1) is 11.2. The highest BCUT2D eigenvalue weighted by Crippen LogP contribution is 2.25. The first-order valence-electron chi connectivity index (χ1n) is 5.89.